The van der Waals surface area contributed by atoms with E-state index < -0.39 is 12.1 Å². The zero-order valence-electron chi connectivity index (χ0n) is 52.5. The Labute approximate surface area is 482 Å². The van der Waals surface area contributed by atoms with Crippen LogP contribution in [0.15, 0.2) is 12.2 Å². The Balaban J connectivity index is 3.40. The van der Waals surface area contributed by atoms with Crippen LogP contribution in [-0.4, -0.2) is 47.4 Å². The maximum Gasteiger partial charge on any atom is 0.305 e. The molecule has 0 saturated heterocycles. The van der Waals surface area contributed by atoms with Gasteiger partial charge < -0.3 is 20.3 Å². The van der Waals surface area contributed by atoms with Gasteiger partial charge in [0, 0.05) is 12.8 Å². The van der Waals surface area contributed by atoms with Crippen LogP contribution in [0.3, 0.4) is 0 Å². The summed E-state index contributed by atoms with van der Waals surface area (Å²) in [5.74, 6) is -0.0212. The molecular weight excluding hydrogens is 947 g/mol. The number of esters is 1. The molecule has 77 heavy (non-hydrogen) atoms. The third kappa shape index (κ3) is 63.6. The summed E-state index contributed by atoms with van der Waals surface area (Å²) in [5, 5.41) is 23.4. The SMILES string of the molecule is CCCCCCCCCCCCCCCCCCCCCCCCCC(O)C(CO)NC(=O)CCCCCCCCC/C=C\CCCCCCCCCCCCCCOC(=O)CCCCCCCCCCCCCCCC. The molecule has 2 atom stereocenters. The van der Waals surface area contributed by atoms with Gasteiger partial charge in [-0.2, -0.15) is 0 Å². The highest BCUT2D eigenvalue weighted by Gasteiger charge is 2.20. The minimum Gasteiger partial charge on any atom is -0.466 e. The Morgan fingerprint density at radius 1 is 0.351 bits per heavy atom. The molecule has 0 spiro atoms. The third-order valence-electron chi connectivity index (χ3n) is 16.8. The van der Waals surface area contributed by atoms with Gasteiger partial charge in [0.15, 0.2) is 0 Å². The summed E-state index contributed by atoms with van der Waals surface area (Å²) in [7, 11) is 0. The summed E-state index contributed by atoms with van der Waals surface area (Å²) < 4.78 is 5.49. The van der Waals surface area contributed by atoms with Crippen molar-refractivity contribution in [2.45, 2.75) is 418 Å². The number of hydrogen-bond donors (Lipinski definition) is 3. The van der Waals surface area contributed by atoms with Crippen molar-refractivity contribution in [2.24, 2.45) is 0 Å². The van der Waals surface area contributed by atoms with E-state index in [2.05, 4.69) is 31.3 Å². The van der Waals surface area contributed by atoms with E-state index in [9.17, 15) is 19.8 Å². The monoisotopic (exact) mass is 1090 g/mol. The number of aliphatic hydroxyl groups excluding tert-OH is 2. The third-order valence-corrected chi connectivity index (χ3v) is 16.8. The summed E-state index contributed by atoms with van der Waals surface area (Å²) in [6.45, 7) is 4.99. The Bertz CT molecular complexity index is 1160. The Morgan fingerprint density at radius 3 is 0.922 bits per heavy atom. The molecule has 0 rings (SSSR count). The fourth-order valence-electron chi connectivity index (χ4n) is 11.4. The number of amides is 1. The lowest BCUT2D eigenvalue weighted by molar-refractivity contribution is -0.143. The molecule has 0 radical (unpaired) electrons. The van der Waals surface area contributed by atoms with Crippen LogP contribution in [0.5, 0.6) is 0 Å². The van der Waals surface area contributed by atoms with E-state index in [1.54, 1.807) is 0 Å². The van der Waals surface area contributed by atoms with Gasteiger partial charge in [0.25, 0.3) is 0 Å². The molecule has 6 nitrogen and oxygen atoms in total. The first-order chi connectivity index (χ1) is 38.0. The highest BCUT2D eigenvalue weighted by atomic mass is 16.5. The molecule has 0 aliphatic heterocycles. The topological polar surface area (TPSA) is 95.9 Å². The van der Waals surface area contributed by atoms with Gasteiger partial charge >= 0.3 is 5.97 Å². The number of nitrogens with one attached hydrogen (secondary N) is 1. The fourth-order valence-corrected chi connectivity index (χ4v) is 11.4. The number of ether oxygens (including phenoxy) is 1. The fraction of sp³-hybridized carbons (Fsp3) is 0.944. The maximum atomic E-state index is 12.5. The van der Waals surface area contributed by atoms with Crippen molar-refractivity contribution in [1.29, 1.82) is 0 Å². The van der Waals surface area contributed by atoms with Gasteiger partial charge in [-0.15, -0.1) is 0 Å². The van der Waals surface area contributed by atoms with Gasteiger partial charge in [0.2, 0.25) is 5.91 Å². The van der Waals surface area contributed by atoms with Crippen LogP contribution in [0, 0.1) is 0 Å². The molecule has 0 aromatic carbocycles. The number of carbonyl (C=O) groups is 2. The van der Waals surface area contributed by atoms with Gasteiger partial charge in [-0.3, -0.25) is 9.59 Å². The largest absolute Gasteiger partial charge is 0.466 e. The molecule has 6 heteroatoms. The normalized spacial score (nSPS) is 12.5. The van der Waals surface area contributed by atoms with Crippen LogP contribution in [0.4, 0.5) is 0 Å². The predicted molar refractivity (Wildman–Crippen MR) is 338 cm³/mol. The Kier molecular flexibility index (Phi) is 65.9. The molecule has 0 bridgehead atoms. The lowest BCUT2D eigenvalue weighted by Crippen LogP contribution is -2.45. The summed E-state index contributed by atoms with van der Waals surface area (Å²) in [5.41, 5.74) is 0. The smallest absolute Gasteiger partial charge is 0.305 e. The van der Waals surface area contributed by atoms with E-state index in [0.717, 1.165) is 38.5 Å². The zero-order chi connectivity index (χ0) is 55.7. The number of carbonyl (C=O) groups excluding carboxylic acids is 2. The van der Waals surface area contributed by atoms with Crippen molar-refractivity contribution in [2.75, 3.05) is 13.2 Å². The van der Waals surface area contributed by atoms with Gasteiger partial charge in [0.05, 0.1) is 25.4 Å². The van der Waals surface area contributed by atoms with Crippen molar-refractivity contribution in [3.05, 3.63) is 12.2 Å². The van der Waals surface area contributed by atoms with E-state index in [0.29, 0.717) is 25.9 Å². The van der Waals surface area contributed by atoms with E-state index >= 15 is 0 Å². The predicted octanol–water partition coefficient (Wildman–Crippen LogP) is 22.8. The summed E-state index contributed by atoms with van der Waals surface area (Å²) in [6, 6.07) is -0.547. The van der Waals surface area contributed by atoms with Crippen LogP contribution in [-0.2, 0) is 14.3 Å². The Morgan fingerprint density at radius 2 is 0.610 bits per heavy atom. The van der Waals surface area contributed by atoms with Crippen molar-refractivity contribution in [1.82, 2.24) is 5.32 Å². The van der Waals surface area contributed by atoms with Crippen molar-refractivity contribution in [3.8, 4) is 0 Å². The summed E-state index contributed by atoms with van der Waals surface area (Å²) in [6.07, 6.45) is 82.5. The summed E-state index contributed by atoms with van der Waals surface area (Å²) >= 11 is 0. The maximum absolute atomic E-state index is 12.5. The quantitative estimate of drug-likeness (QED) is 0.0320. The van der Waals surface area contributed by atoms with Crippen LogP contribution in [0.1, 0.15) is 406 Å². The van der Waals surface area contributed by atoms with Crippen molar-refractivity contribution >= 4 is 11.9 Å². The van der Waals surface area contributed by atoms with Crippen LogP contribution in [0.2, 0.25) is 0 Å². The lowest BCUT2D eigenvalue weighted by Gasteiger charge is -2.22. The number of rotatable bonds is 67. The number of unbranched alkanes of at least 4 members (excludes halogenated alkanes) is 54. The highest BCUT2D eigenvalue weighted by Crippen LogP contribution is 2.19. The van der Waals surface area contributed by atoms with Gasteiger partial charge in [-0.1, -0.05) is 353 Å². The average Bonchev–Trinajstić information content (AvgIpc) is 3.43. The molecule has 3 N–H and O–H groups in total. The molecule has 0 aliphatic rings. The van der Waals surface area contributed by atoms with Crippen LogP contribution in [0.25, 0.3) is 0 Å². The number of hydrogen-bond acceptors (Lipinski definition) is 5. The first-order valence-corrected chi connectivity index (χ1v) is 35.4. The van der Waals surface area contributed by atoms with Crippen LogP contribution >= 0.6 is 0 Å². The Hall–Kier alpha value is -1.40. The molecule has 458 valence electrons. The second-order valence-electron chi connectivity index (χ2n) is 24.6. The first kappa shape index (κ1) is 75.6. The second kappa shape index (κ2) is 67.1. The molecule has 0 fully saturated rings. The molecular formula is C71H139NO5. The second-order valence-corrected chi connectivity index (χ2v) is 24.6. The molecule has 1 amide bonds. The van der Waals surface area contributed by atoms with Crippen molar-refractivity contribution < 1.29 is 24.5 Å². The van der Waals surface area contributed by atoms with Gasteiger partial charge in [-0.25, -0.2) is 0 Å². The molecule has 0 aromatic heterocycles. The average molecular weight is 1090 g/mol. The van der Waals surface area contributed by atoms with E-state index in [-0.39, 0.29) is 18.5 Å². The van der Waals surface area contributed by atoms with E-state index in [4.69, 9.17) is 4.74 Å². The van der Waals surface area contributed by atoms with Crippen LogP contribution < -0.4 is 5.32 Å². The molecule has 0 saturated carbocycles. The van der Waals surface area contributed by atoms with E-state index in [1.165, 1.54) is 334 Å². The first-order valence-electron chi connectivity index (χ1n) is 35.4. The highest BCUT2D eigenvalue weighted by molar-refractivity contribution is 5.76. The van der Waals surface area contributed by atoms with E-state index in [1.807, 2.05) is 0 Å². The minimum absolute atomic E-state index is 0.0150. The summed E-state index contributed by atoms with van der Waals surface area (Å²) in [4.78, 5) is 24.6. The molecule has 0 heterocycles. The molecule has 2 unspecified atom stereocenters. The van der Waals surface area contributed by atoms with Gasteiger partial charge in [-0.05, 0) is 51.4 Å². The minimum atomic E-state index is -0.669. The zero-order valence-corrected chi connectivity index (χ0v) is 52.5. The molecule has 0 aromatic rings. The standard InChI is InChI=1S/C71H139NO5/c1-3-5-7-9-11-13-15-17-19-20-21-22-24-27-30-33-36-39-43-47-51-55-59-63-69(74)68(67-73)72-70(75)64-60-56-52-48-44-40-37-34-31-28-25-23-26-29-32-35-38-42-46-50-54-58-62-66-77-71(76)65-61-57-53-49-45-41-18-16-14-12-10-8-6-4-2/h28,31,68-69,73-74H,3-27,29-30,32-67H2,1-2H3,(H,72,75)/b31-28-. The van der Waals surface area contributed by atoms with Crippen molar-refractivity contribution in [3.63, 3.8) is 0 Å². The molecule has 0 aliphatic carbocycles. The number of allylic oxidation sites excluding steroid dienone is 2. The number of aliphatic hydroxyl groups is 2. The lowest BCUT2D eigenvalue weighted by atomic mass is 10.0. The van der Waals surface area contributed by atoms with Gasteiger partial charge in [0.1, 0.15) is 0 Å².